The molecule has 0 fully saturated rings. The molecule has 0 unspecified atom stereocenters. The molecule has 4 nitrogen and oxygen atoms in total. The predicted molar refractivity (Wildman–Crippen MR) is 64.5 cm³/mol. The standard InChI is InChI=1S/C13H13FN2O2/c1-2-4-11-15-7-8-16(11)12-9(13(17)18)5-3-6-10(12)14/h3,5-8H,2,4H2,1H3,(H,17,18). The molecule has 0 aliphatic rings. The van der Waals surface area contributed by atoms with Crippen LogP contribution in [0.3, 0.4) is 0 Å². The van der Waals surface area contributed by atoms with E-state index in [9.17, 15) is 9.18 Å². The second kappa shape index (κ2) is 5.00. The number of hydrogen-bond acceptors (Lipinski definition) is 2. The van der Waals surface area contributed by atoms with Gasteiger partial charge in [-0.3, -0.25) is 0 Å². The minimum atomic E-state index is -1.15. The number of carboxylic acids is 1. The topological polar surface area (TPSA) is 55.1 Å². The molecular formula is C13H13FN2O2. The van der Waals surface area contributed by atoms with Crippen molar-refractivity contribution in [3.63, 3.8) is 0 Å². The maximum Gasteiger partial charge on any atom is 0.337 e. The molecule has 0 radical (unpaired) electrons. The van der Waals surface area contributed by atoms with Gasteiger partial charge in [0, 0.05) is 18.8 Å². The van der Waals surface area contributed by atoms with Gasteiger partial charge in [-0.15, -0.1) is 0 Å². The van der Waals surface area contributed by atoms with Gasteiger partial charge in [0.15, 0.2) is 0 Å². The van der Waals surface area contributed by atoms with Gasteiger partial charge in [-0.25, -0.2) is 14.2 Å². The summed E-state index contributed by atoms with van der Waals surface area (Å²) in [4.78, 5) is 15.3. The lowest BCUT2D eigenvalue weighted by molar-refractivity contribution is 0.0696. The molecule has 0 bridgehead atoms. The fraction of sp³-hybridized carbons (Fsp3) is 0.231. The number of carboxylic acid groups (broad SMARTS) is 1. The highest BCUT2D eigenvalue weighted by atomic mass is 19.1. The summed E-state index contributed by atoms with van der Waals surface area (Å²) in [5.74, 6) is -1.06. The zero-order chi connectivity index (χ0) is 13.1. The van der Waals surface area contributed by atoms with Crippen LogP contribution in [0.15, 0.2) is 30.6 Å². The van der Waals surface area contributed by atoms with Crippen LogP contribution in [0.1, 0.15) is 29.5 Å². The van der Waals surface area contributed by atoms with Crippen LogP contribution in [-0.4, -0.2) is 20.6 Å². The van der Waals surface area contributed by atoms with Crippen molar-refractivity contribution in [2.45, 2.75) is 19.8 Å². The van der Waals surface area contributed by atoms with E-state index in [0.29, 0.717) is 12.2 Å². The Morgan fingerprint density at radius 2 is 2.28 bits per heavy atom. The van der Waals surface area contributed by atoms with Crippen molar-refractivity contribution in [1.29, 1.82) is 0 Å². The van der Waals surface area contributed by atoms with Crippen LogP contribution in [-0.2, 0) is 6.42 Å². The molecule has 5 heteroatoms. The van der Waals surface area contributed by atoms with Crippen molar-refractivity contribution in [1.82, 2.24) is 9.55 Å². The van der Waals surface area contributed by atoms with Gasteiger partial charge < -0.3 is 9.67 Å². The highest BCUT2D eigenvalue weighted by Crippen LogP contribution is 2.21. The number of para-hydroxylation sites is 1. The number of carbonyl (C=O) groups is 1. The maximum atomic E-state index is 13.9. The Morgan fingerprint density at radius 1 is 1.50 bits per heavy atom. The number of halogens is 1. The van der Waals surface area contributed by atoms with E-state index in [4.69, 9.17) is 5.11 Å². The van der Waals surface area contributed by atoms with Crippen LogP contribution < -0.4 is 0 Å². The van der Waals surface area contributed by atoms with Gasteiger partial charge in [0.05, 0.1) is 11.3 Å². The van der Waals surface area contributed by atoms with Crippen LogP contribution in [0, 0.1) is 5.82 Å². The molecule has 1 aromatic carbocycles. The van der Waals surface area contributed by atoms with E-state index in [1.54, 1.807) is 12.4 Å². The molecule has 1 aromatic heterocycles. The van der Waals surface area contributed by atoms with Crippen molar-refractivity contribution >= 4 is 5.97 Å². The summed E-state index contributed by atoms with van der Waals surface area (Å²) < 4.78 is 15.4. The van der Waals surface area contributed by atoms with E-state index in [2.05, 4.69) is 4.98 Å². The number of benzene rings is 1. The molecule has 0 saturated carbocycles. The van der Waals surface area contributed by atoms with Crippen molar-refractivity contribution in [2.24, 2.45) is 0 Å². The van der Waals surface area contributed by atoms with Crippen molar-refractivity contribution in [3.05, 3.63) is 47.8 Å². The Hall–Kier alpha value is -2.17. The van der Waals surface area contributed by atoms with E-state index in [0.717, 1.165) is 6.42 Å². The van der Waals surface area contributed by atoms with Crippen LogP contribution >= 0.6 is 0 Å². The predicted octanol–water partition coefficient (Wildman–Crippen LogP) is 2.66. The molecule has 1 N–H and O–H groups in total. The minimum Gasteiger partial charge on any atom is -0.478 e. The van der Waals surface area contributed by atoms with Crippen LogP contribution in [0.25, 0.3) is 5.69 Å². The highest BCUT2D eigenvalue weighted by molar-refractivity contribution is 5.92. The van der Waals surface area contributed by atoms with Crippen molar-refractivity contribution in [3.8, 4) is 5.69 Å². The summed E-state index contributed by atoms with van der Waals surface area (Å²) >= 11 is 0. The van der Waals surface area contributed by atoms with Crippen LogP contribution in [0.4, 0.5) is 4.39 Å². The monoisotopic (exact) mass is 248 g/mol. The summed E-state index contributed by atoms with van der Waals surface area (Å²) in [5, 5.41) is 9.11. The number of aryl methyl sites for hydroxylation is 1. The molecule has 2 aromatic rings. The van der Waals surface area contributed by atoms with E-state index in [-0.39, 0.29) is 11.3 Å². The Labute approximate surface area is 104 Å². The lowest BCUT2D eigenvalue weighted by atomic mass is 10.1. The summed E-state index contributed by atoms with van der Waals surface area (Å²) in [5.41, 5.74) is -0.0173. The van der Waals surface area contributed by atoms with Gasteiger partial charge in [0.25, 0.3) is 0 Å². The first-order valence-electron chi connectivity index (χ1n) is 5.69. The number of aromatic carboxylic acids is 1. The molecule has 0 spiro atoms. The molecule has 18 heavy (non-hydrogen) atoms. The van der Waals surface area contributed by atoms with E-state index >= 15 is 0 Å². The molecular weight excluding hydrogens is 235 g/mol. The number of hydrogen-bond donors (Lipinski definition) is 1. The fourth-order valence-corrected chi connectivity index (χ4v) is 1.88. The third-order valence-corrected chi connectivity index (χ3v) is 2.65. The first-order chi connectivity index (χ1) is 8.65. The Balaban J connectivity index is 2.62. The average molecular weight is 248 g/mol. The Bertz CT molecular complexity index is 578. The number of aromatic nitrogens is 2. The summed E-state index contributed by atoms with van der Waals surface area (Å²) in [7, 11) is 0. The molecule has 0 atom stereocenters. The number of imidazole rings is 1. The third-order valence-electron chi connectivity index (χ3n) is 2.65. The summed E-state index contributed by atoms with van der Waals surface area (Å²) in [6.45, 7) is 1.98. The number of nitrogens with zero attached hydrogens (tertiary/aromatic N) is 2. The van der Waals surface area contributed by atoms with Gasteiger partial charge in [-0.05, 0) is 18.6 Å². The zero-order valence-corrected chi connectivity index (χ0v) is 9.93. The lowest BCUT2D eigenvalue weighted by Gasteiger charge is -2.11. The molecule has 0 saturated heterocycles. The van der Waals surface area contributed by atoms with Crippen molar-refractivity contribution < 1.29 is 14.3 Å². The molecule has 2 rings (SSSR count). The summed E-state index contributed by atoms with van der Waals surface area (Å²) in [6, 6.07) is 4.02. The van der Waals surface area contributed by atoms with E-state index in [1.165, 1.54) is 22.8 Å². The molecule has 0 amide bonds. The third kappa shape index (κ3) is 2.11. The normalized spacial score (nSPS) is 10.6. The van der Waals surface area contributed by atoms with Gasteiger partial charge in [-0.1, -0.05) is 13.0 Å². The maximum absolute atomic E-state index is 13.9. The smallest absolute Gasteiger partial charge is 0.337 e. The van der Waals surface area contributed by atoms with E-state index in [1.807, 2.05) is 6.92 Å². The lowest BCUT2D eigenvalue weighted by Crippen LogP contribution is -2.10. The Kier molecular flexibility index (Phi) is 3.41. The van der Waals surface area contributed by atoms with Gasteiger partial charge in [0.1, 0.15) is 11.6 Å². The van der Waals surface area contributed by atoms with E-state index < -0.39 is 11.8 Å². The van der Waals surface area contributed by atoms with Crippen LogP contribution in [0.2, 0.25) is 0 Å². The average Bonchev–Trinajstić information content (AvgIpc) is 2.77. The molecule has 0 aliphatic heterocycles. The quantitative estimate of drug-likeness (QED) is 0.905. The second-order valence-corrected chi connectivity index (χ2v) is 3.90. The molecule has 1 heterocycles. The first kappa shape index (κ1) is 12.3. The zero-order valence-electron chi connectivity index (χ0n) is 9.93. The van der Waals surface area contributed by atoms with Gasteiger partial charge in [0.2, 0.25) is 0 Å². The highest BCUT2D eigenvalue weighted by Gasteiger charge is 2.17. The first-order valence-corrected chi connectivity index (χ1v) is 5.69. The SMILES string of the molecule is CCCc1nccn1-c1c(F)cccc1C(=O)O. The largest absolute Gasteiger partial charge is 0.478 e. The summed E-state index contributed by atoms with van der Waals surface area (Å²) in [6.07, 6.45) is 4.65. The molecule has 94 valence electrons. The fourth-order valence-electron chi connectivity index (χ4n) is 1.88. The second-order valence-electron chi connectivity index (χ2n) is 3.90. The van der Waals surface area contributed by atoms with Gasteiger partial charge in [-0.2, -0.15) is 0 Å². The Morgan fingerprint density at radius 3 is 2.94 bits per heavy atom. The van der Waals surface area contributed by atoms with Crippen LogP contribution in [0.5, 0.6) is 0 Å². The van der Waals surface area contributed by atoms with Gasteiger partial charge >= 0.3 is 5.97 Å². The minimum absolute atomic E-state index is 0.0472. The molecule has 0 aliphatic carbocycles. The number of rotatable bonds is 4. The van der Waals surface area contributed by atoms with Crippen molar-refractivity contribution in [2.75, 3.05) is 0 Å².